The number of oxime groups is 1. The first-order valence-corrected chi connectivity index (χ1v) is 14.7. The third-order valence-electron chi connectivity index (χ3n) is 5.81. The predicted octanol–water partition coefficient (Wildman–Crippen LogP) is -0.678. The second kappa shape index (κ2) is 13.3. The van der Waals surface area contributed by atoms with Gasteiger partial charge in [-0.05, 0) is 5.57 Å². The summed E-state index contributed by atoms with van der Waals surface area (Å²) in [6.45, 7) is -1.71. The first-order valence-electron chi connectivity index (χ1n) is 11.7. The highest BCUT2D eigenvalue weighted by Crippen LogP contribution is 2.41. The molecule has 41 heavy (non-hydrogen) atoms. The standard InChI is InChI=1S/C23H22F2N6O7S3/c24-3-6-30-4-1-12(2-5-30)39-8-11-9-40-20-16(19(33)31(20)17(11)22(36)37)28-18(32)15(13-10-41-23(26)27-13)29-38-14(7-25)21(34)35/h1-2,4-5,10,14,16,20H,3,6-9H2,(H4-,26,27,28,32,34,35,36,37)/b29-15-/t14?,16-,20-/m1/s1. The van der Waals surface area contributed by atoms with E-state index in [0.717, 1.165) is 21.1 Å². The Morgan fingerprint density at radius 1 is 1.37 bits per heavy atom. The third-order valence-corrected chi connectivity index (χ3v) is 8.92. The SMILES string of the molecule is Nc1nc(/C(=N/OC(CF)C(=O)O)C(=O)N[C@@H]2C(=O)N3C(C(=O)[O-])=C(CSc4cc[n+](CCF)cc4)CS[C@H]23)cs1. The number of aliphatic carboxylic acids is 2. The van der Waals surface area contributed by atoms with Gasteiger partial charge in [0.1, 0.15) is 30.5 Å². The molecular formula is C23H22F2N6O7S3. The molecule has 0 spiro atoms. The summed E-state index contributed by atoms with van der Waals surface area (Å²) < 4.78 is 27.2. The number of pyridine rings is 1. The Balaban J connectivity index is 1.48. The molecule has 4 heterocycles. The van der Waals surface area contributed by atoms with Crippen molar-refractivity contribution in [2.75, 3.05) is 30.6 Å². The molecule has 2 aromatic heterocycles. The van der Waals surface area contributed by atoms with Crippen LogP contribution in [-0.2, 0) is 30.6 Å². The van der Waals surface area contributed by atoms with Gasteiger partial charge in [-0.1, -0.05) is 5.16 Å². The number of anilines is 1. The van der Waals surface area contributed by atoms with Crippen LogP contribution in [0, 0.1) is 0 Å². The number of nitrogens with one attached hydrogen (secondary N) is 1. The number of fused-ring (bicyclic) bond motifs is 1. The fourth-order valence-corrected chi connectivity index (χ4v) is 6.72. The van der Waals surface area contributed by atoms with Gasteiger partial charge in [0.15, 0.2) is 29.8 Å². The summed E-state index contributed by atoms with van der Waals surface area (Å²) in [7, 11) is 0. The molecule has 2 aliphatic heterocycles. The van der Waals surface area contributed by atoms with Crippen molar-refractivity contribution in [3.05, 3.63) is 46.9 Å². The minimum absolute atomic E-state index is 0.0538. The molecule has 3 atom stereocenters. The van der Waals surface area contributed by atoms with Crippen molar-refractivity contribution < 1.29 is 47.6 Å². The van der Waals surface area contributed by atoms with Crippen LogP contribution in [0.3, 0.4) is 0 Å². The summed E-state index contributed by atoms with van der Waals surface area (Å²) in [5.41, 5.74) is 5.14. The third kappa shape index (κ3) is 6.76. The number of hydrogen-bond donors (Lipinski definition) is 3. The number of halogens is 2. The molecule has 0 aromatic carbocycles. The number of carboxylic acids is 2. The fraction of sp³-hybridized carbons (Fsp3) is 0.348. The van der Waals surface area contributed by atoms with Gasteiger partial charge in [-0.2, -0.15) is 0 Å². The van der Waals surface area contributed by atoms with Crippen LogP contribution >= 0.6 is 34.9 Å². The monoisotopic (exact) mass is 628 g/mol. The van der Waals surface area contributed by atoms with E-state index in [-0.39, 0.29) is 34.6 Å². The molecule has 0 aliphatic carbocycles. The van der Waals surface area contributed by atoms with Gasteiger partial charge in [-0.15, -0.1) is 34.9 Å². The molecule has 0 bridgehead atoms. The van der Waals surface area contributed by atoms with Crippen LogP contribution in [0.2, 0.25) is 0 Å². The maximum atomic E-state index is 13.1. The van der Waals surface area contributed by atoms with Crippen LogP contribution in [0.4, 0.5) is 13.9 Å². The second-order valence-electron chi connectivity index (χ2n) is 8.45. The number of thiazole rings is 1. The average Bonchev–Trinajstić information content (AvgIpc) is 3.38. The Morgan fingerprint density at radius 3 is 2.68 bits per heavy atom. The molecule has 0 radical (unpaired) electrons. The quantitative estimate of drug-likeness (QED) is 0.0838. The molecule has 2 amide bonds. The molecule has 13 nitrogen and oxygen atoms in total. The van der Waals surface area contributed by atoms with Crippen LogP contribution in [-0.4, -0.2) is 86.8 Å². The van der Waals surface area contributed by atoms with Gasteiger partial charge in [0.05, 0.1) is 11.7 Å². The van der Waals surface area contributed by atoms with E-state index < -0.39 is 60.3 Å². The number of nitrogens with two attached hydrogens (primary N) is 1. The molecule has 4 rings (SSSR count). The Hall–Kier alpha value is -3.77. The molecular weight excluding hydrogens is 606 g/mol. The van der Waals surface area contributed by atoms with Crippen LogP contribution in [0.1, 0.15) is 5.69 Å². The topological polar surface area (TPSA) is 191 Å². The first-order chi connectivity index (χ1) is 19.6. The average molecular weight is 629 g/mol. The lowest BCUT2D eigenvalue weighted by Crippen LogP contribution is -2.71. The summed E-state index contributed by atoms with van der Waals surface area (Å²) in [6, 6.07) is 2.38. The number of hydrogen-bond acceptors (Lipinski definition) is 12. The summed E-state index contributed by atoms with van der Waals surface area (Å²) >= 11 is 3.51. The molecule has 0 saturated carbocycles. The molecule has 1 unspecified atom stereocenters. The maximum absolute atomic E-state index is 13.1. The number of carbonyl (C=O) groups is 4. The smallest absolute Gasteiger partial charge is 0.350 e. The summed E-state index contributed by atoms with van der Waals surface area (Å²) in [6.07, 6.45) is 1.42. The van der Waals surface area contributed by atoms with Crippen molar-refractivity contribution in [2.45, 2.75) is 29.0 Å². The largest absolute Gasteiger partial charge is 0.543 e. The summed E-state index contributed by atoms with van der Waals surface area (Å²) in [5, 5.41) is 27.6. The zero-order valence-corrected chi connectivity index (χ0v) is 23.3. The minimum Gasteiger partial charge on any atom is -0.543 e. The first kappa shape index (κ1) is 30.2. The molecule has 2 aromatic rings. The van der Waals surface area contributed by atoms with Gasteiger partial charge in [0.25, 0.3) is 17.9 Å². The van der Waals surface area contributed by atoms with Crippen molar-refractivity contribution in [3.63, 3.8) is 0 Å². The van der Waals surface area contributed by atoms with E-state index in [1.807, 2.05) is 0 Å². The van der Waals surface area contributed by atoms with Crippen molar-refractivity contribution in [2.24, 2.45) is 5.16 Å². The predicted molar refractivity (Wildman–Crippen MR) is 142 cm³/mol. The minimum atomic E-state index is -1.98. The molecule has 1 fully saturated rings. The zero-order chi connectivity index (χ0) is 29.7. The van der Waals surface area contributed by atoms with Gasteiger partial charge in [-0.25, -0.2) is 23.1 Å². The van der Waals surface area contributed by atoms with Crippen molar-refractivity contribution in [3.8, 4) is 0 Å². The maximum Gasteiger partial charge on any atom is 0.350 e. The Morgan fingerprint density at radius 2 is 2.10 bits per heavy atom. The van der Waals surface area contributed by atoms with E-state index in [1.54, 1.807) is 29.1 Å². The van der Waals surface area contributed by atoms with E-state index in [2.05, 4.69) is 20.3 Å². The number of aromatic nitrogens is 2. The van der Waals surface area contributed by atoms with Crippen LogP contribution in [0.5, 0.6) is 0 Å². The zero-order valence-electron chi connectivity index (χ0n) is 20.9. The van der Waals surface area contributed by atoms with E-state index in [0.29, 0.717) is 5.57 Å². The van der Waals surface area contributed by atoms with Gasteiger partial charge in [0.2, 0.25) is 0 Å². The van der Waals surface area contributed by atoms with Gasteiger partial charge >= 0.3 is 5.97 Å². The Labute approximate surface area is 243 Å². The number of aryl methyl sites for hydroxylation is 1. The second-order valence-corrected chi connectivity index (χ2v) is 11.5. The normalized spacial score (nSPS) is 19.3. The summed E-state index contributed by atoms with van der Waals surface area (Å²) in [5.74, 6) is -4.43. The van der Waals surface area contributed by atoms with E-state index in [1.165, 1.54) is 28.9 Å². The number of amides is 2. The summed E-state index contributed by atoms with van der Waals surface area (Å²) in [4.78, 5) is 59.6. The van der Waals surface area contributed by atoms with Gasteiger partial charge in [-0.3, -0.25) is 14.5 Å². The number of rotatable bonds is 13. The van der Waals surface area contributed by atoms with Crippen molar-refractivity contribution >= 4 is 69.5 Å². The van der Waals surface area contributed by atoms with Crippen LogP contribution < -0.4 is 20.7 Å². The molecule has 18 heteroatoms. The number of nitrogens with zero attached hydrogens (tertiary/aromatic N) is 4. The number of thioether (sulfide) groups is 2. The highest BCUT2D eigenvalue weighted by molar-refractivity contribution is 8.01. The number of carboxylic acid groups (broad SMARTS) is 2. The van der Waals surface area contributed by atoms with Crippen LogP contribution in [0.25, 0.3) is 0 Å². The van der Waals surface area contributed by atoms with E-state index >= 15 is 0 Å². The number of β-lactam (4-membered cyclic amide) rings is 1. The Bertz CT molecular complexity index is 1400. The fourth-order valence-electron chi connectivity index (χ4n) is 3.81. The number of carbonyl (C=O) groups excluding carboxylic acids is 3. The molecule has 218 valence electrons. The molecule has 4 N–H and O–H groups in total. The molecule has 1 saturated heterocycles. The lowest BCUT2D eigenvalue weighted by atomic mass is 10.0. The molecule has 2 aliphatic rings. The van der Waals surface area contributed by atoms with E-state index in [9.17, 15) is 33.1 Å². The number of alkyl halides is 2. The van der Waals surface area contributed by atoms with Crippen LogP contribution in [0.15, 0.2) is 51.2 Å². The van der Waals surface area contributed by atoms with Crippen molar-refractivity contribution in [1.82, 2.24) is 15.2 Å². The lowest BCUT2D eigenvalue weighted by molar-refractivity contribution is -0.697. The Kier molecular flexibility index (Phi) is 9.77. The van der Waals surface area contributed by atoms with Gasteiger partial charge in [0, 0.05) is 33.9 Å². The lowest BCUT2D eigenvalue weighted by Gasteiger charge is -2.50. The number of nitrogen functional groups attached to an aromatic ring is 1. The van der Waals surface area contributed by atoms with Crippen molar-refractivity contribution in [1.29, 1.82) is 0 Å². The highest BCUT2D eigenvalue weighted by atomic mass is 32.2. The highest BCUT2D eigenvalue weighted by Gasteiger charge is 2.53. The van der Waals surface area contributed by atoms with Gasteiger partial charge < -0.3 is 30.9 Å². The van der Waals surface area contributed by atoms with E-state index in [4.69, 9.17) is 10.8 Å².